The molecule has 1 aliphatic rings. The van der Waals surface area contributed by atoms with Gasteiger partial charge >= 0.3 is 35.5 Å². The summed E-state index contributed by atoms with van der Waals surface area (Å²) >= 11 is 0. The van der Waals surface area contributed by atoms with Crippen molar-refractivity contribution in [1.29, 1.82) is 0 Å². The number of fused-ring (bicyclic) bond motifs is 1. The highest BCUT2D eigenvalue weighted by Crippen LogP contribution is 2.37. The van der Waals surface area contributed by atoms with Gasteiger partial charge in [0.1, 0.15) is 24.0 Å². The predicted molar refractivity (Wildman–Crippen MR) is 199 cm³/mol. The number of carbonyl (C=O) groups is 5. The molecular weight excluding hydrogens is 732 g/mol. The van der Waals surface area contributed by atoms with Gasteiger partial charge in [0.2, 0.25) is 12.4 Å². The second-order valence-corrected chi connectivity index (χ2v) is 13.3. The van der Waals surface area contributed by atoms with Crippen molar-refractivity contribution in [2.45, 2.75) is 123 Å². The van der Waals surface area contributed by atoms with Gasteiger partial charge in [-0.2, -0.15) is 0 Å². The van der Waals surface area contributed by atoms with E-state index in [0.717, 1.165) is 47.0 Å². The fraction of sp³-hybridized carbons (Fsp3) is 0.512. The summed E-state index contributed by atoms with van der Waals surface area (Å²) in [6.07, 6.45) is 2.70. The topological polar surface area (TPSA) is 189 Å². The Morgan fingerprint density at radius 2 is 1.29 bits per heavy atom. The summed E-state index contributed by atoms with van der Waals surface area (Å²) in [6, 6.07) is 12.5. The second kappa shape index (κ2) is 21.6. The van der Waals surface area contributed by atoms with Crippen molar-refractivity contribution < 1.29 is 66.3 Å². The molecule has 3 aromatic rings. The number of benzene rings is 2. The zero-order valence-electron chi connectivity index (χ0n) is 32.4. The first-order valence-corrected chi connectivity index (χ1v) is 18.9. The Labute approximate surface area is 324 Å². The third-order valence-electron chi connectivity index (χ3n) is 8.69. The summed E-state index contributed by atoms with van der Waals surface area (Å²) in [5, 5.41) is 0.283. The molecule has 0 aliphatic carbocycles. The zero-order valence-corrected chi connectivity index (χ0v) is 32.4. The lowest BCUT2D eigenvalue weighted by atomic mass is 9.98. The highest BCUT2D eigenvalue weighted by molar-refractivity contribution is 5.93. The van der Waals surface area contributed by atoms with Crippen LogP contribution in [0.3, 0.4) is 0 Å². The molecule has 0 bridgehead atoms. The Balaban J connectivity index is 1.65. The van der Waals surface area contributed by atoms with Crippen molar-refractivity contribution in [2.75, 3.05) is 13.2 Å². The molecule has 1 saturated heterocycles. The molecule has 1 aliphatic heterocycles. The molecule has 4 rings (SSSR count). The molecule has 1 aromatic heterocycles. The molecule has 1 fully saturated rings. The van der Waals surface area contributed by atoms with Gasteiger partial charge in [-0.3, -0.25) is 19.2 Å². The normalized spacial score (nSPS) is 19.1. The third kappa shape index (κ3) is 12.8. The summed E-state index contributed by atoms with van der Waals surface area (Å²) in [6.45, 7) is 6.45. The first-order chi connectivity index (χ1) is 26.9. The maximum absolute atomic E-state index is 13.4. The van der Waals surface area contributed by atoms with E-state index in [9.17, 15) is 28.8 Å². The van der Waals surface area contributed by atoms with Gasteiger partial charge in [0.25, 0.3) is 5.75 Å². The predicted octanol–water partition coefficient (Wildman–Crippen LogP) is 6.38. The van der Waals surface area contributed by atoms with Crippen LogP contribution >= 0.6 is 0 Å². The Morgan fingerprint density at radius 3 is 1.91 bits per heavy atom. The van der Waals surface area contributed by atoms with Gasteiger partial charge in [0.15, 0.2) is 18.0 Å². The standard InChI is InChI=1S/C41H50O15/c1-6-7-8-9-10-11-12-13-17-22-48-34-31-21-20-30(23-32(31)54-40(47)37(34)56-39(46)29-18-15-14-16-19-29)53-41-38(52-28(5)45)36(51-27(4)44)35(50-26(3)43)33(55-41)24-49-25(2)42/h14-16,18-21,23,33,35-36,38,41H,6-13,17,22,24H2,1-5H3/t33-,35+,36+,38-,41-/m1/s1. The molecule has 0 amide bonds. The van der Waals surface area contributed by atoms with Crippen LogP contribution < -0.4 is 19.8 Å². The van der Waals surface area contributed by atoms with Crippen LogP contribution in [-0.2, 0) is 42.9 Å². The number of esters is 5. The van der Waals surface area contributed by atoms with E-state index in [1.807, 2.05) is 0 Å². The van der Waals surface area contributed by atoms with Crippen LogP contribution in [0.1, 0.15) is 103 Å². The minimum absolute atomic E-state index is 0.000978. The minimum atomic E-state index is -1.53. The summed E-state index contributed by atoms with van der Waals surface area (Å²) in [7, 11) is 0. The fourth-order valence-electron chi connectivity index (χ4n) is 6.17. The Morgan fingerprint density at radius 1 is 0.679 bits per heavy atom. The van der Waals surface area contributed by atoms with E-state index in [1.165, 1.54) is 50.3 Å². The Hall–Kier alpha value is -5.44. The first kappa shape index (κ1) is 43.3. The molecule has 2 aromatic carbocycles. The Bertz CT molecular complexity index is 1850. The monoisotopic (exact) mass is 782 g/mol. The van der Waals surface area contributed by atoms with Crippen molar-refractivity contribution in [2.24, 2.45) is 0 Å². The van der Waals surface area contributed by atoms with E-state index in [4.69, 9.17) is 42.3 Å². The number of rotatable bonds is 20. The maximum atomic E-state index is 13.4. The van der Waals surface area contributed by atoms with E-state index in [2.05, 4.69) is 6.92 Å². The van der Waals surface area contributed by atoms with E-state index >= 15 is 0 Å². The summed E-state index contributed by atoms with van der Waals surface area (Å²) in [4.78, 5) is 74.8. The van der Waals surface area contributed by atoms with Crippen molar-refractivity contribution in [3.63, 3.8) is 0 Å². The largest absolute Gasteiger partial charge is 0.489 e. The van der Waals surface area contributed by atoms with Crippen LogP contribution in [0.25, 0.3) is 11.0 Å². The van der Waals surface area contributed by atoms with Crippen LogP contribution in [0, 0.1) is 0 Å². The molecule has 0 saturated carbocycles. The number of hydrogen-bond acceptors (Lipinski definition) is 15. The molecule has 15 heteroatoms. The molecule has 304 valence electrons. The molecular formula is C41H50O15. The molecule has 5 atom stereocenters. The highest BCUT2D eigenvalue weighted by Gasteiger charge is 2.53. The van der Waals surface area contributed by atoms with Gasteiger partial charge in [0, 0.05) is 33.8 Å². The van der Waals surface area contributed by atoms with Crippen molar-refractivity contribution in [3.05, 3.63) is 64.5 Å². The summed E-state index contributed by atoms with van der Waals surface area (Å²) in [5.41, 5.74) is -0.793. The smallest absolute Gasteiger partial charge is 0.383 e. The average Bonchev–Trinajstić information content (AvgIpc) is 3.14. The third-order valence-corrected chi connectivity index (χ3v) is 8.69. The van der Waals surface area contributed by atoms with Crippen molar-refractivity contribution in [3.8, 4) is 17.2 Å². The minimum Gasteiger partial charge on any atom is -0.489 e. The molecule has 15 nitrogen and oxygen atoms in total. The van der Waals surface area contributed by atoms with Gasteiger partial charge in [-0.05, 0) is 30.7 Å². The molecule has 56 heavy (non-hydrogen) atoms. The van der Waals surface area contributed by atoms with E-state index in [-0.39, 0.29) is 34.6 Å². The number of carbonyl (C=O) groups excluding carboxylic acids is 5. The molecule has 0 N–H and O–H groups in total. The number of hydrogen-bond donors (Lipinski definition) is 0. The van der Waals surface area contributed by atoms with Crippen LogP contribution in [0.4, 0.5) is 0 Å². The van der Waals surface area contributed by atoms with Gasteiger partial charge in [-0.25, -0.2) is 9.59 Å². The Kier molecular flexibility index (Phi) is 16.7. The average molecular weight is 783 g/mol. The lowest BCUT2D eigenvalue weighted by Crippen LogP contribution is -2.63. The number of ether oxygens (including phenoxy) is 8. The van der Waals surface area contributed by atoms with E-state index in [1.54, 1.807) is 30.3 Å². The summed E-state index contributed by atoms with van der Waals surface area (Å²) in [5.74, 6) is -4.24. The van der Waals surface area contributed by atoms with Crippen LogP contribution in [0.5, 0.6) is 17.2 Å². The van der Waals surface area contributed by atoms with E-state index < -0.39 is 78.5 Å². The van der Waals surface area contributed by atoms with Crippen LogP contribution in [0.2, 0.25) is 0 Å². The van der Waals surface area contributed by atoms with Gasteiger partial charge in [-0.1, -0.05) is 76.5 Å². The van der Waals surface area contributed by atoms with Crippen LogP contribution in [-0.4, -0.2) is 73.8 Å². The van der Waals surface area contributed by atoms with Crippen LogP contribution in [0.15, 0.2) is 57.7 Å². The molecule has 0 spiro atoms. The SMILES string of the molecule is CCCCCCCCCCCOc1c(OC(=O)c2ccccc2)c(=O)oc2cc(O[C@@H]3O[C@H](COC(C)=O)[C@H](OC(C)=O)[C@H](OC(C)=O)[C@H]3OC(C)=O)ccc12. The molecule has 2 heterocycles. The first-order valence-electron chi connectivity index (χ1n) is 18.9. The number of unbranched alkanes of at least 4 members (excludes halogenated alkanes) is 8. The van der Waals surface area contributed by atoms with Crippen molar-refractivity contribution >= 4 is 40.8 Å². The molecule has 0 radical (unpaired) electrons. The maximum Gasteiger partial charge on any atom is 0.383 e. The fourth-order valence-corrected chi connectivity index (χ4v) is 6.17. The van der Waals surface area contributed by atoms with E-state index in [0.29, 0.717) is 6.42 Å². The lowest BCUT2D eigenvalue weighted by molar-refractivity contribution is -0.288. The quantitative estimate of drug-likeness (QED) is 0.0531. The van der Waals surface area contributed by atoms with Gasteiger partial charge in [-0.15, -0.1) is 0 Å². The summed E-state index contributed by atoms with van der Waals surface area (Å²) < 4.78 is 51.0. The molecule has 0 unspecified atom stereocenters. The van der Waals surface area contributed by atoms with Crippen molar-refractivity contribution in [1.82, 2.24) is 0 Å². The second-order valence-electron chi connectivity index (χ2n) is 13.3. The lowest BCUT2D eigenvalue weighted by Gasteiger charge is -2.43. The highest BCUT2D eigenvalue weighted by atomic mass is 16.7. The van der Waals surface area contributed by atoms with Gasteiger partial charge < -0.3 is 42.3 Å². The van der Waals surface area contributed by atoms with Gasteiger partial charge in [0.05, 0.1) is 17.6 Å². The zero-order chi connectivity index (χ0) is 40.6.